The van der Waals surface area contributed by atoms with Crippen LogP contribution in [0, 0.1) is 0 Å². The molecule has 0 aliphatic carbocycles. The summed E-state index contributed by atoms with van der Waals surface area (Å²) in [6, 6.07) is 0. The number of aromatic nitrogens is 3. The lowest BCUT2D eigenvalue weighted by atomic mass is 10.2. The highest BCUT2D eigenvalue weighted by Gasteiger charge is 2.27. The zero-order valence-corrected chi connectivity index (χ0v) is 7.22. The highest BCUT2D eigenvalue weighted by molar-refractivity contribution is 6.28. The smallest absolute Gasteiger partial charge is 0.265 e. The zero-order valence-electron chi connectivity index (χ0n) is 6.47. The molecule has 0 aliphatic rings. The van der Waals surface area contributed by atoms with Gasteiger partial charge in [-0.1, -0.05) is 6.92 Å². The van der Waals surface area contributed by atoms with E-state index >= 15 is 0 Å². The SMILES string of the molecule is CCC(F)(F)Cn1cnnc1Cl. The lowest BCUT2D eigenvalue weighted by Gasteiger charge is -2.13. The largest absolute Gasteiger partial charge is 0.298 e. The molecule has 0 aromatic carbocycles. The average Bonchev–Trinajstić information content (AvgIpc) is 2.36. The van der Waals surface area contributed by atoms with Crippen LogP contribution >= 0.6 is 11.6 Å². The van der Waals surface area contributed by atoms with Gasteiger partial charge in [-0.2, -0.15) is 0 Å². The number of alkyl halides is 2. The lowest BCUT2D eigenvalue weighted by Crippen LogP contribution is -2.22. The van der Waals surface area contributed by atoms with Gasteiger partial charge in [-0.15, -0.1) is 10.2 Å². The van der Waals surface area contributed by atoms with Gasteiger partial charge in [0.15, 0.2) is 0 Å². The third-order valence-corrected chi connectivity index (χ3v) is 1.78. The number of hydrogen-bond donors (Lipinski definition) is 0. The molecule has 68 valence electrons. The number of rotatable bonds is 3. The molecule has 3 nitrogen and oxygen atoms in total. The van der Waals surface area contributed by atoms with Gasteiger partial charge < -0.3 is 0 Å². The predicted octanol–water partition coefficient (Wildman–Crippen LogP) is 1.98. The zero-order chi connectivity index (χ0) is 9.19. The van der Waals surface area contributed by atoms with Crippen LogP contribution in [0.1, 0.15) is 13.3 Å². The van der Waals surface area contributed by atoms with Gasteiger partial charge in [0.05, 0.1) is 6.54 Å². The Bertz CT molecular complexity index is 261. The molecule has 0 amide bonds. The van der Waals surface area contributed by atoms with Crippen molar-refractivity contribution in [1.82, 2.24) is 14.8 Å². The molecule has 1 heterocycles. The summed E-state index contributed by atoms with van der Waals surface area (Å²) in [7, 11) is 0. The molecular weight excluding hydrogens is 188 g/mol. The highest BCUT2D eigenvalue weighted by atomic mass is 35.5. The van der Waals surface area contributed by atoms with Crippen molar-refractivity contribution in [1.29, 1.82) is 0 Å². The van der Waals surface area contributed by atoms with Gasteiger partial charge in [0.2, 0.25) is 5.28 Å². The Balaban J connectivity index is 2.70. The van der Waals surface area contributed by atoms with Crippen molar-refractivity contribution in [3.63, 3.8) is 0 Å². The van der Waals surface area contributed by atoms with E-state index in [1.807, 2.05) is 0 Å². The van der Waals surface area contributed by atoms with E-state index in [0.717, 1.165) is 4.57 Å². The summed E-state index contributed by atoms with van der Waals surface area (Å²) in [4.78, 5) is 0. The molecule has 0 fully saturated rings. The van der Waals surface area contributed by atoms with Crippen LogP contribution in [0.5, 0.6) is 0 Å². The molecule has 12 heavy (non-hydrogen) atoms. The van der Waals surface area contributed by atoms with Crippen LogP contribution in [0.4, 0.5) is 8.78 Å². The second kappa shape index (κ2) is 3.35. The molecule has 1 aromatic rings. The summed E-state index contributed by atoms with van der Waals surface area (Å²) in [5, 5.41) is 6.76. The van der Waals surface area contributed by atoms with Crippen LogP contribution in [0.25, 0.3) is 0 Å². The quantitative estimate of drug-likeness (QED) is 0.739. The van der Waals surface area contributed by atoms with Crippen LogP contribution in [0.2, 0.25) is 5.28 Å². The molecule has 0 aliphatic heterocycles. The fraction of sp³-hybridized carbons (Fsp3) is 0.667. The van der Waals surface area contributed by atoms with Crippen LogP contribution in [0.3, 0.4) is 0 Å². The Morgan fingerprint density at radius 2 is 2.33 bits per heavy atom. The minimum absolute atomic E-state index is 0.0110. The summed E-state index contributed by atoms with van der Waals surface area (Å²) in [6.07, 6.45) is 0.966. The molecule has 0 N–H and O–H groups in total. The van der Waals surface area contributed by atoms with E-state index in [2.05, 4.69) is 10.2 Å². The van der Waals surface area contributed by atoms with Gasteiger partial charge in [-0.3, -0.25) is 4.57 Å². The van der Waals surface area contributed by atoms with Crippen molar-refractivity contribution in [2.45, 2.75) is 25.8 Å². The van der Waals surface area contributed by atoms with E-state index < -0.39 is 12.5 Å². The maximum Gasteiger partial charge on any atom is 0.265 e. The minimum atomic E-state index is -2.74. The maximum absolute atomic E-state index is 12.8. The molecule has 0 radical (unpaired) electrons. The van der Waals surface area contributed by atoms with Gasteiger partial charge >= 0.3 is 0 Å². The molecular formula is C6H8ClF2N3. The Morgan fingerprint density at radius 3 is 2.75 bits per heavy atom. The van der Waals surface area contributed by atoms with Crippen molar-refractivity contribution in [3.05, 3.63) is 11.6 Å². The molecule has 0 saturated carbocycles. The van der Waals surface area contributed by atoms with Crippen molar-refractivity contribution < 1.29 is 8.78 Å². The van der Waals surface area contributed by atoms with E-state index in [0.29, 0.717) is 0 Å². The summed E-state index contributed by atoms with van der Waals surface area (Å²) in [5.74, 6) is -2.74. The number of hydrogen-bond acceptors (Lipinski definition) is 2. The molecule has 0 atom stereocenters. The summed E-state index contributed by atoms with van der Waals surface area (Å²) >= 11 is 5.46. The first kappa shape index (κ1) is 9.38. The Kier molecular flexibility index (Phi) is 2.62. The molecule has 1 rings (SSSR count). The van der Waals surface area contributed by atoms with Crippen molar-refractivity contribution in [2.24, 2.45) is 0 Å². The van der Waals surface area contributed by atoms with Crippen LogP contribution in [0.15, 0.2) is 6.33 Å². The lowest BCUT2D eigenvalue weighted by molar-refractivity contribution is -0.0199. The van der Waals surface area contributed by atoms with Gasteiger partial charge in [0.1, 0.15) is 6.33 Å². The van der Waals surface area contributed by atoms with Crippen molar-refractivity contribution in [2.75, 3.05) is 0 Å². The molecule has 0 unspecified atom stereocenters. The van der Waals surface area contributed by atoms with Gasteiger partial charge in [0.25, 0.3) is 5.92 Å². The van der Waals surface area contributed by atoms with Crippen LogP contribution in [-0.2, 0) is 6.54 Å². The summed E-state index contributed by atoms with van der Waals surface area (Å²) in [6.45, 7) is 0.952. The maximum atomic E-state index is 12.8. The predicted molar refractivity (Wildman–Crippen MR) is 40.3 cm³/mol. The van der Waals surface area contributed by atoms with Gasteiger partial charge in [-0.05, 0) is 11.6 Å². The third kappa shape index (κ3) is 2.14. The summed E-state index contributed by atoms with van der Waals surface area (Å²) < 4.78 is 26.6. The molecule has 6 heteroatoms. The van der Waals surface area contributed by atoms with E-state index in [9.17, 15) is 8.78 Å². The summed E-state index contributed by atoms with van der Waals surface area (Å²) in [5.41, 5.74) is 0. The minimum Gasteiger partial charge on any atom is -0.298 e. The molecule has 1 aromatic heterocycles. The second-order valence-electron chi connectivity index (χ2n) is 2.44. The van der Waals surface area contributed by atoms with E-state index in [1.54, 1.807) is 0 Å². The van der Waals surface area contributed by atoms with E-state index in [-0.39, 0.29) is 11.7 Å². The fourth-order valence-electron chi connectivity index (χ4n) is 0.708. The first-order valence-corrected chi connectivity index (χ1v) is 3.84. The second-order valence-corrected chi connectivity index (χ2v) is 2.78. The Morgan fingerprint density at radius 1 is 1.67 bits per heavy atom. The molecule has 0 saturated heterocycles. The number of nitrogens with zero attached hydrogens (tertiary/aromatic N) is 3. The van der Waals surface area contributed by atoms with E-state index in [4.69, 9.17) is 11.6 Å². The van der Waals surface area contributed by atoms with Gasteiger partial charge in [0, 0.05) is 6.42 Å². The van der Waals surface area contributed by atoms with Crippen molar-refractivity contribution in [3.8, 4) is 0 Å². The number of halogens is 3. The average molecular weight is 196 g/mol. The third-order valence-electron chi connectivity index (χ3n) is 1.49. The van der Waals surface area contributed by atoms with Crippen LogP contribution in [-0.4, -0.2) is 20.7 Å². The topological polar surface area (TPSA) is 30.7 Å². The first-order chi connectivity index (χ1) is 5.55. The Hall–Kier alpha value is -0.710. The first-order valence-electron chi connectivity index (χ1n) is 3.46. The fourth-order valence-corrected chi connectivity index (χ4v) is 0.855. The Labute approximate surface area is 73.4 Å². The monoisotopic (exact) mass is 195 g/mol. The standard InChI is InChI=1S/C6H8ClF2N3/c1-2-6(8,9)3-12-4-10-11-5(12)7/h4H,2-3H2,1H3. The van der Waals surface area contributed by atoms with Crippen molar-refractivity contribution >= 4 is 11.6 Å². The molecule has 0 spiro atoms. The normalized spacial score (nSPS) is 12.0. The highest BCUT2D eigenvalue weighted by Crippen LogP contribution is 2.21. The van der Waals surface area contributed by atoms with Crippen LogP contribution < -0.4 is 0 Å². The van der Waals surface area contributed by atoms with E-state index in [1.165, 1.54) is 13.3 Å². The van der Waals surface area contributed by atoms with Gasteiger partial charge in [-0.25, -0.2) is 8.78 Å². The molecule has 0 bridgehead atoms.